The molecule has 0 saturated carbocycles. The van der Waals surface area contributed by atoms with Gasteiger partial charge in [0.1, 0.15) is 0 Å². The van der Waals surface area contributed by atoms with E-state index in [9.17, 15) is 4.79 Å². The van der Waals surface area contributed by atoms with Gasteiger partial charge in [-0.05, 0) is 6.92 Å². The van der Waals surface area contributed by atoms with Crippen LogP contribution in [0.4, 0.5) is 0 Å². The van der Waals surface area contributed by atoms with Gasteiger partial charge in [-0.3, -0.25) is 4.79 Å². The summed E-state index contributed by atoms with van der Waals surface area (Å²) in [4.78, 5) is 10.6. The summed E-state index contributed by atoms with van der Waals surface area (Å²) < 4.78 is 4.68. The molecule has 0 bridgehead atoms. The Morgan fingerprint density at radius 2 is 2.20 bits per heavy atom. The lowest BCUT2D eigenvalue weighted by molar-refractivity contribution is -0.368. The predicted octanol–water partition coefficient (Wildman–Crippen LogP) is -3.42. The van der Waals surface area contributed by atoms with Crippen LogP contribution in [0.2, 0.25) is 0 Å². The molecule has 0 aromatic carbocycles. The quantitative estimate of drug-likeness (QED) is 0.493. The minimum Gasteiger partial charge on any atom is -1.00 e. The van der Waals surface area contributed by atoms with Crippen molar-refractivity contribution in [3.63, 3.8) is 0 Å². The second kappa shape index (κ2) is 8.91. The van der Waals surface area contributed by atoms with E-state index in [-0.39, 0.29) is 23.0 Å². The smallest absolute Gasteiger partial charge is 0.305 e. The van der Waals surface area contributed by atoms with Gasteiger partial charge in [0.2, 0.25) is 0 Å². The minimum atomic E-state index is -0.110. The van der Waals surface area contributed by atoms with Crippen LogP contribution in [0.25, 0.3) is 0 Å². The number of halogens is 1. The zero-order chi connectivity index (χ0) is 7.11. The maximum Gasteiger partial charge on any atom is 0.305 e. The Kier molecular flexibility index (Phi) is 11.2. The van der Waals surface area contributed by atoms with Crippen LogP contribution in [0.3, 0.4) is 0 Å². The second-order valence-electron chi connectivity index (χ2n) is 1.76. The van der Waals surface area contributed by atoms with Crippen LogP contribution in [-0.2, 0) is 9.53 Å². The fraction of sp³-hybridized carbons (Fsp3) is 0.833. The first kappa shape index (κ1) is 12.6. The van der Waals surface area contributed by atoms with Crippen molar-refractivity contribution >= 4 is 5.97 Å². The van der Waals surface area contributed by atoms with E-state index >= 15 is 0 Å². The van der Waals surface area contributed by atoms with Crippen molar-refractivity contribution < 1.29 is 32.2 Å². The molecular formula is C6H14BrNO2. The molecular weight excluding hydrogens is 198 g/mol. The number of carbonyl (C=O) groups is 1. The molecule has 3 nitrogen and oxygen atoms in total. The summed E-state index contributed by atoms with van der Waals surface area (Å²) in [6.07, 6.45) is 1.34. The van der Waals surface area contributed by atoms with Crippen molar-refractivity contribution in [1.82, 2.24) is 0 Å². The van der Waals surface area contributed by atoms with Crippen LogP contribution in [0.5, 0.6) is 0 Å². The zero-order valence-electron chi connectivity index (χ0n) is 6.23. The van der Waals surface area contributed by atoms with Crippen LogP contribution in [0.15, 0.2) is 0 Å². The van der Waals surface area contributed by atoms with E-state index in [1.165, 1.54) is 0 Å². The molecule has 0 unspecified atom stereocenters. The highest BCUT2D eigenvalue weighted by Crippen LogP contribution is 1.88. The van der Waals surface area contributed by atoms with E-state index in [4.69, 9.17) is 0 Å². The molecule has 0 radical (unpaired) electrons. The molecule has 0 saturated heterocycles. The van der Waals surface area contributed by atoms with Gasteiger partial charge < -0.3 is 27.5 Å². The van der Waals surface area contributed by atoms with Gasteiger partial charge in [0.25, 0.3) is 0 Å². The van der Waals surface area contributed by atoms with Crippen LogP contribution in [-0.4, -0.2) is 19.1 Å². The minimum absolute atomic E-state index is 0. The Hall–Kier alpha value is -0.0900. The Bertz CT molecular complexity index is 87.8. The van der Waals surface area contributed by atoms with Crippen LogP contribution in [0.1, 0.15) is 19.8 Å². The van der Waals surface area contributed by atoms with Crippen molar-refractivity contribution in [1.29, 1.82) is 0 Å². The SMILES string of the molecule is CCOC(=O)CCC[NH3+].[Br-]. The highest BCUT2D eigenvalue weighted by molar-refractivity contribution is 5.69. The average Bonchev–Trinajstić information content (AvgIpc) is 1.85. The monoisotopic (exact) mass is 211 g/mol. The van der Waals surface area contributed by atoms with E-state index in [0.29, 0.717) is 13.0 Å². The third-order valence-corrected chi connectivity index (χ3v) is 0.936. The lowest BCUT2D eigenvalue weighted by atomic mass is 10.3. The van der Waals surface area contributed by atoms with Gasteiger partial charge in [-0.25, -0.2) is 0 Å². The Morgan fingerprint density at radius 3 is 2.60 bits per heavy atom. The van der Waals surface area contributed by atoms with Gasteiger partial charge in [0, 0.05) is 6.42 Å². The summed E-state index contributed by atoms with van der Waals surface area (Å²) in [6.45, 7) is 3.09. The van der Waals surface area contributed by atoms with E-state index in [2.05, 4.69) is 10.5 Å². The highest BCUT2D eigenvalue weighted by Gasteiger charge is 1.98. The fourth-order valence-electron chi connectivity index (χ4n) is 0.502. The molecule has 4 heteroatoms. The number of hydrogen-bond donors (Lipinski definition) is 1. The van der Waals surface area contributed by atoms with Crippen LogP contribution >= 0.6 is 0 Å². The summed E-state index contributed by atoms with van der Waals surface area (Å²) in [5.74, 6) is -0.110. The third-order valence-electron chi connectivity index (χ3n) is 0.936. The van der Waals surface area contributed by atoms with E-state index in [1.807, 2.05) is 6.92 Å². The van der Waals surface area contributed by atoms with E-state index in [1.54, 1.807) is 0 Å². The summed E-state index contributed by atoms with van der Waals surface area (Å²) in [5, 5.41) is 0. The number of rotatable bonds is 4. The largest absolute Gasteiger partial charge is 1.00 e. The molecule has 0 spiro atoms. The molecule has 0 fully saturated rings. The molecule has 3 N–H and O–H groups in total. The molecule has 0 aromatic heterocycles. The summed E-state index contributed by atoms with van der Waals surface area (Å²) in [7, 11) is 0. The van der Waals surface area contributed by atoms with Crippen molar-refractivity contribution in [2.45, 2.75) is 19.8 Å². The number of hydrogen-bond acceptors (Lipinski definition) is 2. The van der Waals surface area contributed by atoms with Gasteiger partial charge in [-0.15, -0.1) is 0 Å². The van der Waals surface area contributed by atoms with Gasteiger partial charge >= 0.3 is 5.97 Å². The topological polar surface area (TPSA) is 53.9 Å². The molecule has 0 aliphatic heterocycles. The normalized spacial score (nSPS) is 8.20. The molecule has 0 aliphatic carbocycles. The molecule has 62 valence electrons. The fourth-order valence-corrected chi connectivity index (χ4v) is 0.502. The van der Waals surface area contributed by atoms with Gasteiger partial charge in [0.15, 0.2) is 0 Å². The first-order valence-electron chi connectivity index (χ1n) is 3.26. The summed E-state index contributed by atoms with van der Waals surface area (Å²) in [6, 6.07) is 0. The first-order valence-corrected chi connectivity index (χ1v) is 3.26. The number of carbonyl (C=O) groups excluding carboxylic acids is 1. The first-order chi connectivity index (χ1) is 4.31. The Labute approximate surface area is 71.7 Å². The highest BCUT2D eigenvalue weighted by atomic mass is 79.9. The van der Waals surface area contributed by atoms with Crippen molar-refractivity contribution in [3.05, 3.63) is 0 Å². The number of esters is 1. The molecule has 10 heavy (non-hydrogen) atoms. The van der Waals surface area contributed by atoms with Crippen molar-refractivity contribution in [3.8, 4) is 0 Å². The molecule has 0 atom stereocenters. The maximum atomic E-state index is 10.6. The average molecular weight is 212 g/mol. The van der Waals surface area contributed by atoms with Crippen molar-refractivity contribution in [2.75, 3.05) is 13.2 Å². The molecule has 0 amide bonds. The van der Waals surface area contributed by atoms with Gasteiger partial charge in [0.05, 0.1) is 19.6 Å². The number of ether oxygens (including phenoxy) is 1. The zero-order valence-corrected chi connectivity index (χ0v) is 7.82. The van der Waals surface area contributed by atoms with Gasteiger partial charge in [-0.1, -0.05) is 0 Å². The van der Waals surface area contributed by atoms with Crippen LogP contribution < -0.4 is 22.7 Å². The van der Waals surface area contributed by atoms with Crippen molar-refractivity contribution in [2.24, 2.45) is 0 Å². The van der Waals surface area contributed by atoms with Gasteiger partial charge in [-0.2, -0.15) is 0 Å². The standard InChI is InChI=1S/C6H13NO2.BrH/c1-2-9-6(8)4-3-5-7;/h2-5,7H2,1H3;1H. The number of quaternary nitrogens is 1. The molecule has 0 aliphatic rings. The molecule has 0 rings (SSSR count). The summed E-state index contributed by atoms with van der Waals surface area (Å²) in [5.41, 5.74) is 3.61. The molecule has 0 heterocycles. The Balaban J connectivity index is 0. The molecule has 0 aromatic rings. The third kappa shape index (κ3) is 7.91. The maximum absolute atomic E-state index is 10.6. The van der Waals surface area contributed by atoms with Crippen LogP contribution in [0, 0.1) is 0 Å². The lowest BCUT2D eigenvalue weighted by Crippen LogP contribution is -3.00. The Morgan fingerprint density at radius 1 is 1.60 bits per heavy atom. The summed E-state index contributed by atoms with van der Waals surface area (Å²) >= 11 is 0. The lowest BCUT2D eigenvalue weighted by Gasteiger charge is -1.97. The van der Waals surface area contributed by atoms with E-state index < -0.39 is 0 Å². The second-order valence-corrected chi connectivity index (χ2v) is 1.76. The van der Waals surface area contributed by atoms with E-state index in [0.717, 1.165) is 13.0 Å². The predicted molar refractivity (Wildman–Crippen MR) is 33.6 cm³/mol.